The minimum Gasteiger partial charge on any atom is -0.478 e. The number of carboxylic acids is 1. The van der Waals surface area contributed by atoms with E-state index in [0.717, 1.165) is 25.2 Å². The van der Waals surface area contributed by atoms with Crippen LogP contribution in [0.4, 0.5) is 0 Å². The number of aromatic carboxylic acids is 1. The Morgan fingerprint density at radius 3 is 2.57 bits per heavy atom. The molecule has 1 aliphatic carbocycles. The van der Waals surface area contributed by atoms with Crippen LogP contribution in [0.15, 0.2) is 24.3 Å². The van der Waals surface area contributed by atoms with Crippen molar-refractivity contribution in [3.8, 4) is 0 Å². The second kappa shape index (κ2) is 7.57. The smallest absolute Gasteiger partial charge is 0.335 e. The first-order chi connectivity index (χ1) is 10.1. The summed E-state index contributed by atoms with van der Waals surface area (Å²) in [5.74, 6) is -0.849. The molecule has 0 radical (unpaired) electrons. The van der Waals surface area contributed by atoms with Crippen molar-refractivity contribution in [2.45, 2.75) is 38.3 Å². The molecule has 0 aliphatic heterocycles. The van der Waals surface area contributed by atoms with Crippen LogP contribution in [0.2, 0.25) is 0 Å². The highest BCUT2D eigenvalue weighted by atomic mass is 16.4. The van der Waals surface area contributed by atoms with Gasteiger partial charge in [0, 0.05) is 25.7 Å². The molecule has 1 saturated carbocycles. The molecule has 1 N–H and O–H groups in total. The second-order valence-corrected chi connectivity index (χ2v) is 6.22. The first-order valence-corrected chi connectivity index (χ1v) is 7.77. The van der Waals surface area contributed by atoms with Gasteiger partial charge in [0.05, 0.1) is 5.56 Å². The van der Waals surface area contributed by atoms with Crippen LogP contribution in [0.1, 0.15) is 41.6 Å². The summed E-state index contributed by atoms with van der Waals surface area (Å²) in [5, 5.41) is 9.11. The molecule has 1 aromatic rings. The summed E-state index contributed by atoms with van der Waals surface area (Å²) >= 11 is 0. The predicted molar refractivity (Wildman–Crippen MR) is 84.6 cm³/mol. The maximum Gasteiger partial charge on any atom is 0.335 e. The molecule has 1 aliphatic rings. The van der Waals surface area contributed by atoms with E-state index in [1.54, 1.807) is 12.1 Å². The first kappa shape index (κ1) is 16.0. The molecule has 21 heavy (non-hydrogen) atoms. The largest absolute Gasteiger partial charge is 0.478 e. The Balaban J connectivity index is 2.06. The third-order valence-electron chi connectivity index (χ3n) is 4.24. The standard InChI is InChI=1S/C17H26N2O2/c1-18(2)10-11-19(16-8-3-4-9-16)13-14-6-5-7-15(12-14)17(20)21/h5-7,12,16H,3-4,8-11,13H2,1-2H3,(H,20,21). The van der Waals surface area contributed by atoms with Crippen LogP contribution >= 0.6 is 0 Å². The molecule has 0 unspecified atom stereocenters. The van der Waals surface area contributed by atoms with E-state index in [4.69, 9.17) is 5.11 Å². The van der Waals surface area contributed by atoms with Crippen molar-refractivity contribution in [2.75, 3.05) is 27.2 Å². The summed E-state index contributed by atoms with van der Waals surface area (Å²) < 4.78 is 0. The first-order valence-electron chi connectivity index (χ1n) is 7.77. The molecule has 0 amide bonds. The number of hydrogen-bond donors (Lipinski definition) is 1. The maximum atomic E-state index is 11.1. The Hall–Kier alpha value is -1.39. The van der Waals surface area contributed by atoms with Gasteiger partial charge in [0.2, 0.25) is 0 Å². The Labute approximate surface area is 127 Å². The van der Waals surface area contributed by atoms with Crippen molar-refractivity contribution in [1.29, 1.82) is 0 Å². The predicted octanol–water partition coefficient (Wildman–Crippen LogP) is 2.69. The number of carboxylic acid groups (broad SMARTS) is 1. The summed E-state index contributed by atoms with van der Waals surface area (Å²) in [6.07, 6.45) is 5.18. The lowest BCUT2D eigenvalue weighted by molar-refractivity contribution is 0.0696. The van der Waals surface area contributed by atoms with Crippen LogP contribution in [0, 0.1) is 0 Å². The summed E-state index contributed by atoms with van der Waals surface area (Å²) in [5.41, 5.74) is 1.48. The van der Waals surface area contributed by atoms with Crippen molar-refractivity contribution in [3.63, 3.8) is 0 Å². The zero-order valence-corrected chi connectivity index (χ0v) is 13.1. The van der Waals surface area contributed by atoms with Crippen molar-refractivity contribution in [3.05, 3.63) is 35.4 Å². The Kier molecular flexibility index (Phi) is 5.76. The topological polar surface area (TPSA) is 43.8 Å². The third-order valence-corrected chi connectivity index (χ3v) is 4.24. The lowest BCUT2D eigenvalue weighted by atomic mass is 10.1. The van der Waals surface area contributed by atoms with Crippen molar-refractivity contribution < 1.29 is 9.90 Å². The van der Waals surface area contributed by atoms with E-state index in [-0.39, 0.29) is 0 Å². The molecule has 2 rings (SSSR count). The molecule has 0 heterocycles. The summed E-state index contributed by atoms with van der Waals surface area (Å²) in [7, 11) is 4.19. The normalized spacial score (nSPS) is 16.0. The molecular formula is C17H26N2O2. The number of nitrogens with zero attached hydrogens (tertiary/aromatic N) is 2. The number of hydrogen-bond acceptors (Lipinski definition) is 3. The zero-order valence-electron chi connectivity index (χ0n) is 13.1. The second-order valence-electron chi connectivity index (χ2n) is 6.22. The van der Waals surface area contributed by atoms with Gasteiger partial charge in [-0.05, 0) is 44.6 Å². The van der Waals surface area contributed by atoms with Gasteiger partial charge < -0.3 is 10.0 Å². The number of rotatable bonds is 7. The molecule has 0 bridgehead atoms. The van der Waals surface area contributed by atoms with Crippen LogP contribution in [-0.2, 0) is 6.54 Å². The quantitative estimate of drug-likeness (QED) is 0.838. The molecule has 1 fully saturated rings. The molecule has 4 heteroatoms. The highest BCUT2D eigenvalue weighted by Gasteiger charge is 2.22. The average Bonchev–Trinajstić information content (AvgIpc) is 2.97. The van der Waals surface area contributed by atoms with E-state index in [1.807, 2.05) is 12.1 Å². The van der Waals surface area contributed by atoms with Gasteiger partial charge in [-0.1, -0.05) is 25.0 Å². The summed E-state index contributed by atoms with van der Waals surface area (Å²) in [6.45, 7) is 2.92. The lowest BCUT2D eigenvalue weighted by Gasteiger charge is -2.30. The van der Waals surface area contributed by atoms with Gasteiger partial charge >= 0.3 is 5.97 Å². The van der Waals surface area contributed by atoms with E-state index in [9.17, 15) is 4.79 Å². The molecule has 4 nitrogen and oxygen atoms in total. The zero-order chi connectivity index (χ0) is 15.2. The summed E-state index contributed by atoms with van der Waals surface area (Å²) in [6, 6.07) is 7.99. The van der Waals surface area contributed by atoms with Crippen LogP contribution in [0.25, 0.3) is 0 Å². The van der Waals surface area contributed by atoms with E-state index in [2.05, 4.69) is 23.9 Å². The van der Waals surface area contributed by atoms with Gasteiger partial charge in [-0.2, -0.15) is 0 Å². The number of likely N-dealkylation sites (N-methyl/N-ethyl adjacent to an activating group) is 1. The van der Waals surface area contributed by atoms with Gasteiger partial charge in [0.25, 0.3) is 0 Å². The van der Waals surface area contributed by atoms with Crippen molar-refractivity contribution >= 4 is 5.97 Å². The van der Waals surface area contributed by atoms with Gasteiger partial charge in [0.15, 0.2) is 0 Å². The SMILES string of the molecule is CN(C)CCN(Cc1cccc(C(=O)O)c1)C1CCCC1. The monoisotopic (exact) mass is 290 g/mol. The van der Waals surface area contributed by atoms with Gasteiger partial charge in [-0.25, -0.2) is 4.79 Å². The molecular weight excluding hydrogens is 264 g/mol. The number of benzene rings is 1. The fourth-order valence-electron chi connectivity index (χ4n) is 3.03. The van der Waals surface area contributed by atoms with Crippen molar-refractivity contribution in [1.82, 2.24) is 9.80 Å². The highest BCUT2D eigenvalue weighted by Crippen LogP contribution is 2.25. The van der Waals surface area contributed by atoms with Crippen LogP contribution < -0.4 is 0 Å². The molecule has 0 aromatic heterocycles. The fraction of sp³-hybridized carbons (Fsp3) is 0.588. The Morgan fingerprint density at radius 2 is 1.95 bits per heavy atom. The van der Waals surface area contributed by atoms with E-state index >= 15 is 0 Å². The van der Waals surface area contributed by atoms with Crippen LogP contribution in [0.3, 0.4) is 0 Å². The van der Waals surface area contributed by atoms with E-state index in [1.165, 1.54) is 25.7 Å². The fourth-order valence-corrected chi connectivity index (χ4v) is 3.03. The van der Waals surface area contributed by atoms with Gasteiger partial charge in [-0.3, -0.25) is 4.90 Å². The maximum absolute atomic E-state index is 11.1. The molecule has 116 valence electrons. The molecule has 0 saturated heterocycles. The highest BCUT2D eigenvalue weighted by molar-refractivity contribution is 5.87. The minimum absolute atomic E-state index is 0.381. The van der Waals surface area contributed by atoms with E-state index < -0.39 is 5.97 Å². The molecule has 0 atom stereocenters. The van der Waals surface area contributed by atoms with Gasteiger partial charge in [0.1, 0.15) is 0 Å². The van der Waals surface area contributed by atoms with Crippen LogP contribution in [-0.4, -0.2) is 54.1 Å². The number of carbonyl (C=O) groups is 1. The van der Waals surface area contributed by atoms with E-state index in [0.29, 0.717) is 11.6 Å². The summed E-state index contributed by atoms with van der Waals surface area (Å²) in [4.78, 5) is 15.8. The molecule has 1 aromatic carbocycles. The minimum atomic E-state index is -0.849. The van der Waals surface area contributed by atoms with Crippen LogP contribution in [0.5, 0.6) is 0 Å². The molecule has 0 spiro atoms. The Morgan fingerprint density at radius 1 is 1.24 bits per heavy atom. The third kappa shape index (κ3) is 4.83. The Bertz CT molecular complexity index is 468. The van der Waals surface area contributed by atoms with Crippen molar-refractivity contribution in [2.24, 2.45) is 0 Å². The lowest BCUT2D eigenvalue weighted by Crippen LogP contribution is -2.37. The average molecular weight is 290 g/mol. The van der Waals surface area contributed by atoms with Gasteiger partial charge in [-0.15, -0.1) is 0 Å².